The standard InChI is InChI=1S/C15H15N3S/c1-17-15(19)18(13-10-6-3-7-11-13)14(16-17)12-8-4-2-5-9-12/h2-11,14,16H,1H3. The number of benzene rings is 2. The van der Waals surface area contributed by atoms with Crippen LogP contribution < -0.4 is 10.3 Å². The van der Waals surface area contributed by atoms with Crippen LogP contribution in [0.15, 0.2) is 60.7 Å². The lowest BCUT2D eigenvalue weighted by Crippen LogP contribution is -2.30. The highest BCUT2D eigenvalue weighted by atomic mass is 32.1. The van der Waals surface area contributed by atoms with E-state index in [1.165, 1.54) is 5.56 Å². The molecule has 1 aliphatic heterocycles. The van der Waals surface area contributed by atoms with Gasteiger partial charge in [0.2, 0.25) is 0 Å². The number of nitrogens with one attached hydrogen (secondary N) is 1. The molecular formula is C15H15N3S. The van der Waals surface area contributed by atoms with E-state index in [0.717, 1.165) is 10.8 Å². The van der Waals surface area contributed by atoms with E-state index in [0.29, 0.717) is 0 Å². The predicted molar refractivity (Wildman–Crippen MR) is 81.6 cm³/mol. The third-order valence-electron chi connectivity index (χ3n) is 3.22. The summed E-state index contributed by atoms with van der Waals surface area (Å²) < 4.78 is 0. The fraction of sp³-hybridized carbons (Fsp3) is 0.133. The first-order chi connectivity index (χ1) is 9.27. The molecule has 1 unspecified atom stereocenters. The van der Waals surface area contributed by atoms with Crippen molar-refractivity contribution < 1.29 is 0 Å². The molecule has 0 saturated carbocycles. The third-order valence-corrected chi connectivity index (χ3v) is 3.69. The molecular weight excluding hydrogens is 254 g/mol. The number of thiocarbonyl (C=S) groups is 1. The molecule has 1 heterocycles. The van der Waals surface area contributed by atoms with Gasteiger partial charge in [0.25, 0.3) is 0 Å². The average Bonchev–Trinajstić information content (AvgIpc) is 2.77. The van der Waals surface area contributed by atoms with E-state index >= 15 is 0 Å². The zero-order chi connectivity index (χ0) is 13.2. The Morgan fingerprint density at radius 1 is 0.947 bits per heavy atom. The predicted octanol–water partition coefficient (Wildman–Crippen LogP) is 2.93. The van der Waals surface area contributed by atoms with Crippen molar-refractivity contribution in [1.29, 1.82) is 0 Å². The topological polar surface area (TPSA) is 18.5 Å². The van der Waals surface area contributed by atoms with Crippen LogP contribution in [-0.4, -0.2) is 17.2 Å². The van der Waals surface area contributed by atoms with Gasteiger partial charge in [-0.2, -0.15) is 0 Å². The van der Waals surface area contributed by atoms with E-state index in [4.69, 9.17) is 12.2 Å². The van der Waals surface area contributed by atoms with Crippen LogP contribution in [0.5, 0.6) is 0 Å². The van der Waals surface area contributed by atoms with Crippen LogP contribution >= 0.6 is 12.2 Å². The molecule has 4 heteroatoms. The number of nitrogens with zero attached hydrogens (tertiary/aromatic N) is 2. The van der Waals surface area contributed by atoms with E-state index in [1.54, 1.807) is 0 Å². The number of para-hydroxylation sites is 1. The maximum absolute atomic E-state index is 5.51. The molecule has 0 aliphatic carbocycles. The Balaban J connectivity index is 2.02. The van der Waals surface area contributed by atoms with Crippen molar-refractivity contribution in [1.82, 2.24) is 10.4 Å². The molecule has 1 fully saturated rings. The molecule has 3 nitrogen and oxygen atoms in total. The lowest BCUT2D eigenvalue weighted by atomic mass is 10.1. The maximum Gasteiger partial charge on any atom is 0.192 e. The quantitative estimate of drug-likeness (QED) is 0.845. The minimum atomic E-state index is 0.0427. The minimum Gasteiger partial charge on any atom is -0.296 e. The summed E-state index contributed by atoms with van der Waals surface area (Å²) in [6.45, 7) is 0. The van der Waals surface area contributed by atoms with Gasteiger partial charge in [0.1, 0.15) is 6.17 Å². The first kappa shape index (κ1) is 12.1. The molecule has 0 amide bonds. The monoisotopic (exact) mass is 269 g/mol. The Labute approximate surface area is 118 Å². The SMILES string of the molecule is CN1NC(c2ccccc2)N(c2ccccc2)C1=S. The van der Waals surface area contributed by atoms with Crippen LogP contribution in [0.2, 0.25) is 0 Å². The van der Waals surface area contributed by atoms with Gasteiger partial charge < -0.3 is 0 Å². The van der Waals surface area contributed by atoms with Crippen LogP contribution in [0.4, 0.5) is 5.69 Å². The van der Waals surface area contributed by atoms with Crippen molar-refractivity contribution in [3.05, 3.63) is 66.2 Å². The fourth-order valence-electron chi connectivity index (χ4n) is 2.28. The number of hydrogen-bond donors (Lipinski definition) is 1. The second-order valence-corrected chi connectivity index (χ2v) is 4.85. The average molecular weight is 269 g/mol. The van der Waals surface area contributed by atoms with E-state index in [2.05, 4.69) is 34.6 Å². The summed E-state index contributed by atoms with van der Waals surface area (Å²) >= 11 is 5.51. The summed E-state index contributed by atoms with van der Waals surface area (Å²) in [5, 5.41) is 2.67. The van der Waals surface area contributed by atoms with Crippen LogP contribution in [0.3, 0.4) is 0 Å². The Bertz CT molecular complexity index is 570. The zero-order valence-electron chi connectivity index (χ0n) is 10.7. The highest BCUT2D eigenvalue weighted by molar-refractivity contribution is 7.80. The molecule has 0 radical (unpaired) electrons. The van der Waals surface area contributed by atoms with Gasteiger partial charge in [-0.25, -0.2) is 5.43 Å². The van der Waals surface area contributed by atoms with Crippen LogP contribution in [0.1, 0.15) is 11.7 Å². The third kappa shape index (κ3) is 2.20. The van der Waals surface area contributed by atoms with Crippen molar-refractivity contribution in [3.63, 3.8) is 0 Å². The summed E-state index contributed by atoms with van der Waals surface area (Å²) in [6.07, 6.45) is 0.0427. The van der Waals surface area contributed by atoms with Crippen LogP contribution in [0.25, 0.3) is 0 Å². The minimum absolute atomic E-state index is 0.0427. The van der Waals surface area contributed by atoms with Gasteiger partial charge in [0.15, 0.2) is 5.11 Å². The number of hydrazine groups is 1. The smallest absolute Gasteiger partial charge is 0.192 e. The highest BCUT2D eigenvalue weighted by Gasteiger charge is 2.33. The van der Waals surface area contributed by atoms with Crippen molar-refractivity contribution in [3.8, 4) is 0 Å². The highest BCUT2D eigenvalue weighted by Crippen LogP contribution is 2.30. The summed E-state index contributed by atoms with van der Waals surface area (Å²) in [5.74, 6) is 0. The number of rotatable bonds is 2. The lowest BCUT2D eigenvalue weighted by Gasteiger charge is -2.24. The van der Waals surface area contributed by atoms with Crippen molar-refractivity contribution in [2.45, 2.75) is 6.17 Å². The molecule has 3 rings (SSSR count). The number of hydrogen-bond acceptors (Lipinski definition) is 2. The van der Waals surface area contributed by atoms with Gasteiger partial charge in [0.05, 0.1) is 0 Å². The Hall–Kier alpha value is -1.91. The van der Waals surface area contributed by atoms with E-state index in [9.17, 15) is 0 Å². The van der Waals surface area contributed by atoms with Gasteiger partial charge >= 0.3 is 0 Å². The zero-order valence-corrected chi connectivity index (χ0v) is 11.5. The second kappa shape index (κ2) is 4.99. The van der Waals surface area contributed by atoms with E-state index in [1.807, 2.05) is 48.5 Å². The molecule has 0 aromatic heterocycles. The van der Waals surface area contributed by atoms with Gasteiger partial charge in [-0.05, 0) is 29.9 Å². The fourth-order valence-corrected chi connectivity index (χ4v) is 2.54. The summed E-state index contributed by atoms with van der Waals surface area (Å²) in [6, 6.07) is 20.5. The normalized spacial score (nSPS) is 19.0. The van der Waals surface area contributed by atoms with Gasteiger partial charge in [0, 0.05) is 12.7 Å². The summed E-state index contributed by atoms with van der Waals surface area (Å²) in [7, 11) is 1.95. The van der Waals surface area contributed by atoms with Crippen LogP contribution in [-0.2, 0) is 0 Å². The molecule has 1 saturated heterocycles. The van der Waals surface area contributed by atoms with Gasteiger partial charge in [-0.3, -0.25) is 9.91 Å². The van der Waals surface area contributed by atoms with Gasteiger partial charge in [-0.1, -0.05) is 48.5 Å². The van der Waals surface area contributed by atoms with Crippen molar-refractivity contribution >= 4 is 23.0 Å². The molecule has 1 atom stereocenters. The van der Waals surface area contributed by atoms with E-state index < -0.39 is 0 Å². The molecule has 19 heavy (non-hydrogen) atoms. The maximum atomic E-state index is 5.51. The summed E-state index contributed by atoms with van der Waals surface area (Å²) in [5.41, 5.74) is 5.67. The molecule has 2 aromatic carbocycles. The Morgan fingerprint density at radius 2 is 1.53 bits per heavy atom. The molecule has 2 aromatic rings. The largest absolute Gasteiger partial charge is 0.296 e. The van der Waals surface area contributed by atoms with Crippen molar-refractivity contribution in [2.24, 2.45) is 0 Å². The Morgan fingerprint density at radius 3 is 2.16 bits per heavy atom. The molecule has 1 N–H and O–H groups in total. The summed E-state index contributed by atoms with van der Waals surface area (Å²) in [4.78, 5) is 2.13. The van der Waals surface area contributed by atoms with E-state index in [-0.39, 0.29) is 6.17 Å². The van der Waals surface area contributed by atoms with Crippen LogP contribution in [0, 0.1) is 0 Å². The first-order valence-corrected chi connectivity index (χ1v) is 6.61. The lowest BCUT2D eigenvalue weighted by molar-refractivity contribution is 0.369. The van der Waals surface area contributed by atoms with Crippen molar-refractivity contribution in [2.75, 3.05) is 11.9 Å². The Kier molecular flexibility index (Phi) is 3.19. The number of anilines is 1. The van der Waals surface area contributed by atoms with Gasteiger partial charge in [-0.15, -0.1) is 0 Å². The second-order valence-electron chi connectivity index (χ2n) is 4.49. The molecule has 1 aliphatic rings. The molecule has 96 valence electrons. The molecule has 0 spiro atoms. The molecule has 0 bridgehead atoms. The first-order valence-electron chi connectivity index (χ1n) is 6.20.